The quantitative estimate of drug-likeness (QED) is 0.255. The number of benzene rings is 3. The summed E-state index contributed by atoms with van der Waals surface area (Å²) in [5.74, 6) is 0.603. The highest BCUT2D eigenvalue weighted by Gasteiger charge is 2.15. The standard InChI is InChI=1S/C25H21BrClN3O2S/c1-3-14(2)15-9-11-22-21(12-15)28-24(32-22)16-8-10-19(27)20(13-16)29-25(33)30-23(31)17-6-4-5-7-18(17)26/h4-14H,3H2,1-2H3,(H2,29,30,31,33)/t14-/m0/s1. The Labute approximate surface area is 210 Å². The highest BCUT2D eigenvalue weighted by atomic mass is 79.9. The molecule has 0 aliphatic heterocycles. The van der Waals surface area contributed by atoms with Crippen molar-refractivity contribution in [3.63, 3.8) is 0 Å². The minimum atomic E-state index is -0.330. The highest BCUT2D eigenvalue weighted by molar-refractivity contribution is 9.10. The Morgan fingerprint density at radius 3 is 2.73 bits per heavy atom. The van der Waals surface area contributed by atoms with E-state index in [1.54, 1.807) is 30.3 Å². The Balaban J connectivity index is 1.55. The number of carbonyl (C=O) groups is 1. The maximum atomic E-state index is 12.5. The third kappa shape index (κ3) is 5.27. The third-order valence-corrected chi connectivity index (χ3v) is 6.63. The zero-order valence-corrected chi connectivity index (χ0v) is 21.1. The van der Waals surface area contributed by atoms with Gasteiger partial charge in [0.05, 0.1) is 16.3 Å². The second-order valence-electron chi connectivity index (χ2n) is 7.64. The Morgan fingerprint density at radius 2 is 1.97 bits per heavy atom. The molecule has 1 aromatic heterocycles. The Kier molecular flexibility index (Phi) is 7.12. The molecule has 1 atom stereocenters. The topological polar surface area (TPSA) is 67.2 Å². The molecular weight excluding hydrogens is 522 g/mol. The van der Waals surface area contributed by atoms with E-state index in [-0.39, 0.29) is 11.0 Å². The van der Waals surface area contributed by atoms with Gasteiger partial charge < -0.3 is 9.73 Å². The summed E-state index contributed by atoms with van der Waals surface area (Å²) in [5, 5.41) is 6.24. The third-order valence-electron chi connectivity index (χ3n) is 5.40. The molecule has 0 saturated heterocycles. The van der Waals surface area contributed by atoms with Crippen LogP contribution in [0.3, 0.4) is 0 Å². The van der Waals surface area contributed by atoms with Crippen molar-refractivity contribution in [1.29, 1.82) is 0 Å². The number of halogens is 2. The molecule has 0 saturated carbocycles. The number of oxazole rings is 1. The molecule has 5 nitrogen and oxygen atoms in total. The van der Waals surface area contributed by atoms with E-state index < -0.39 is 0 Å². The molecule has 3 aromatic carbocycles. The lowest BCUT2D eigenvalue weighted by Gasteiger charge is -2.12. The number of rotatable bonds is 5. The van der Waals surface area contributed by atoms with Crippen molar-refractivity contribution in [3.8, 4) is 11.5 Å². The smallest absolute Gasteiger partial charge is 0.258 e. The van der Waals surface area contributed by atoms with E-state index in [4.69, 9.17) is 28.2 Å². The number of hydrogen-bond donors (Lipinski definition) is 2. The summed E-state index contributed by atoms with van der Waals surface area (Å²) >= 11 is 15.1. The summed E-state index contributed by atoms with van der Waals surface area (Å²) in [5.41, 5.74) is 4.51. The van der Waals surface area contributed by atoms with E-state index in [1.807, 2.05) is 18.2 Å². The molecule has 8 heteroatoms. The number of hydrogen-bond acceptors (Lipinski definition) is 4. The zero-order chi connectivity index (χ0) is 23.5. The molecule has 0 radical (unpaired) electrons. The predicted octanol–water partition coefficient (Wildman–Crippen LogP) is 7.55. The summed E-state index contributed by atoms with van der Waals surface area (Å²) in [6, 6.07) is 18.6. The van der Waals surface area contributed by atoms with Crippen molar-refractivity contribution in [2.45, 2.75) is 26.2 Å². The van der Waals surface area contributed by atoms with Crippen LogP contribution >= 0.6 is 39.7 Å². The number of amides is 1. The van der Waals surface area contributed by atoms with Crippen LogP contribution in [0.5, 0.6) is 0 Å². The number of thiocarbonyl (C=S) groups is 1. The molecule has 0 aliphatic carbocycles. The van der Waals surface area contributed by atoms with E-state index in [0.717, 1.165) is 23.1 Å². The van der Waals surface area contributed by atoms with Crippen LogP contribution in [0.15, 0.2) is 69.6 Å². The van der Waals surface area contributed by atoms with Crippen molar-refractivity contribution < 1.29 is 9.21 Å². The molecule has 0 spiro atoms. The SMILES string of the molecule is CC[C@H](C)c1ccc2oc(-c3ccc(Cl)c(NC(=S)NC(=O)c4ccccc4Br)c3)nc2c1. The molecule has 168 valence electrons. The molecule has 1 heterocycles. The van der Waals surface area contributed by atoms with Gasteiger partial charge >= 0.3 is 0 Å². The fraction of sp³-hybridized carbons (Fsp3) is 0.160. The maximum Gasteiger partial charge on any atom is 0.258 e. The Hall–Kier alpha value is -2.74. The molecule has 4 rings (SSSR count). The predicted molar refractivity (Wildman–Crippen MR) is 141 cm³/mol. The number of carbonyl (C=O) groups excluding carboxylic acids is 1. The van der Waals surface area contributed by atoms with Gasteiger partial charge in [-0.05, 0) is 88.5 Å². The number of nitrogens with one attached hydrogen (secondary N) is 2. The van der Waals surface area contributed by atoms with Crippen LogP contribution in [0.1, 0.15) is 42.1 Å². The van der Waals surface area contributed by atoms with Gasteiger partial charge in [0.25, 0.3) is 5.91 Å². The van der Waals surface area contributed by atoms with E-state index in [1.165, 1.54) is 5.56 Å². The summed E-state index contributed by atoms with van der Waals surface area (Å²) in [6.07, 6.45) is 1.06. The molecular formula is C25H21BrClN3O2S. The van der Waals surface area contributed by atoms with Crippen molar-refractivity contribution in [1.82, 2.24) is 10.3 Å². The van der Waals surface area contributed by atoms with Gasteiger partial charge in [0.1, 0.15) is 5.52 Å². The lowest BCUT2D eigenvalue weighted by Crippen LogP contribution is -2.34. The van der Waals surface area contributed by atoms with E-state index in [2.05, 4.69) is 57.5 Å². The minimum absolute atomic E-state index is 0.130. The van der Waals surface area contributed by atoms with Gasteiger partial charge in [0.2, 0.25) is 5.89 Å². The maximum absolute atomic E-state index is 12.5. The monoisotopic (exact) mass is 541 g/mol. The molecule has 0 aliphatic rings. The lowest BCUT2D eigenvalue weighted by molar-refractivity contribution is 0.0977. The van der Waals surface area contributed by atoms with Crippen LogP contribution in [-0.4, -0.2) is 16.0 Å². The fourth-order valence-electron chi connectivity index (χ4n) is 3.33. The van der Waals surface area contributed by atoms with Gasteiger partial charge in [-0.3, -0.25) is 10.1 Å². The van der Waals surface area contributed by atoms with Crippen LogP contribution in [0.25, 0.3) is 22.6 Å². The largest absolute Gasteiger partial charge is 0.436 e. The van der Waals surface area contributed by atoms with Gasteiger partial charge in [0.15, 0.2) is 10.7 Å². The van der Waals surface area contributed by atoms with Crippen LogP contribution in [0, 0.1) is 0 Å². The van der Waals surface area contributed by atoms with Gasteiger partial charge in [-0.15, -0.1) is 0 Å². The summed E-state index contributed by atoms with van der Waals surface area (Å²) < 4.78 is 6.65. The van der Waals surface area contributed by atoms with Crippen molar-refractivity contribution in [2.75, 3.05) is 5.32 Å². The number of aromatic nitrogens is 1. The molecule has 4 aromatic rings. The van der Waals surface area contributed by atoms with Crippen LogP contribution < -0.4 is 10.6 Å². The Morgan fingerprint density at radius 1 is 1.18 bits per heavy atom. The fourth-order valence-corrected chi connectivity index (χ4v) is 4.17. The van der Waals surface area contributed by atoms with Gasteiger partial charge in [-0.25, -0.2) is 4.98 Å². The number of fused-ring (bicyclic) bond motifs is 1. The second-order valence-corrected chi connectivity index (χ2v) is 9.31. The van der Waals surface area contributed by atoms with E-state index in [0.29, 0.717) is 32.6 Å². The first-order valence-electron chi connectivity index (χ1n) is 10.4. The van der Waals surface area contributed by atoms with Crippen molar-refractivity contribution in [2.24, 2.45) is 0 Å². The van der Waals surface area contributed by atoms with Gasteiger partial charge in [0, 0.05) is 10.0 Å². The summed E-state index contributed by atoms with van der Waals surface area (Å²) in [4.78, 5) is 17.2. The first kappa shape index (κ1) is 23.4. The second kappa shape index (κ2) is 10.0. The first-order valence-corrected chi connectivity index (χ1v) is 12.0. The molecule has 1 amide bonds. The van der Waals surface area contributed by atoms with Crippen LogP contribution in [0.2, 0.25) is 5.02 Å². The molecule has 0 fully saturated rings. The average Bonchev–Trinajstić information content (AvgIpc) is 3.23. The molecule has 0 bridgehead atoms. The molecule has 0 unspecified atom stereocenters. The molecule has 33 heavy (non-hydrogen) atoms. The van der Waals surface area contributed by atoms with Gasteiger partial charge in [-0.2, -0.15) is 0 Å². The number of nitrogens with zero attached hydrogens (tertiary/aromatic N) is 1. The summed E-state index contributed by atoms with van der Waals surface area (Å²) in [6.45, 7) is 4.36. The normalized spacial score (nSPS) is 11.9. The van der Waals surface area contributed by atoms with Gasteiger partial charge in [-0.1, -0.05) is 43.6 Å². The van der Waals surface area contributed by atoms with Crippen molar-refractivity contribution >= 4 is 67.6 Å². The average molecular weight is 543 g/mol. The summed E-state index contributed by atoms with van der Waals surface area (Å²) in [7, 11) is 0. The number of anilines is 1. The van der Waals surface area contributed by atoms with E-state index in [9.17, 15) is 4.79 Å². The van der Waals surface area contributed by atoms with Crippen LogP contribution in [-0.2, 0) is 0 Å². The first-order chi connectivity index (χ1) is 15.9. The highest BCUT2D eigenvalue weighted by Crippen LogP contribution is 2.32. The minimum Gasteiger partial charge on any atom is -0.436 e. The van der Waals surface area contributed by atoms with Crippen LogP contribution in [0.4, 0.5) is 5.69 Å². The lowest BCUT2D eigenvalue weighted by atomic mass is 9.98. The Bertz CT molecular complexity index is 1350. The zero-order valence-electron chi connectivity index (χ0n) is 18.0. The molecule has 2 N–H and O–H groups in total. The van der Waals surface area contributed by atoms with Crippen molar-refractivity contribution in [3.05, 3.63) is 81.3 Å². The van der Waals surface area contributed by atoms with E-state index >= 15 is 0 Å².